The molecule has 2 N–H and O–H groups in total. The van der Waals surface area contributed by atoms with Gasteiger partial charge in [-0.25, -0.2) is 13.6 Å². The van der Waals surface area contributed by atoms with Gasteiger partial charge in [0, 0.05) is 13.1 Å². The summed E-state index contributed by atoms with van der Waals surface area (Å²) in [5.74, 6) is 0.310. The number of carbonyl (C=O) groups is 1. The molecule has 0 saturated carbocycles. The molecular weight excluding hydrogens is 494 g/mol. The van der Waals surface area contributed by atoms with Crippen molar-refractivity contribution in [1.82, 2.24) is 14.9 Å². The molecule has 2 heterocycles. The van der Waals surface area contributed by atoms with E-state index < -0.39 is 23.3 Å². The molecule has 202 valence electrons. The molecule has 2 aromatic carbocycles. The first-order chi connectivity index (χ1) is 18.2. The number of rotatable bonds is 9. The lowest BCUT2D eigenvalue weighted by Crippen LogP contribution is -2.48. The topological polar surface area (TPSA) is 96.8 Å². The van der Waals surface area contributed by atoms with E-state index in [1.54, 1.807) is 4.90 Å². The van der Waals surface area contributed by atoms with Crippen LogP contribution in [0.25, 0.3) is 0 Å². The van der Waals surface area contributed by atoms with Crippen LogP contribution in [-0.4, -0.2) is 44.7 Å². The molecule has 1 fully saturated rings. The van der Waals surface area contributed by atoms with E-state index in [2.05, 4.69) is 29.1 Å². The van der Waals surface area contributed by atoms with Crippen molar-refractivity contribution in [3.8, 4) is 23.3 Å². The molecule has 1 aliphatic heterocycles. The third-order valence-electron chi connectivity index (χ3n) is 6.77. The number of urea groups is 1. The maximum absolute atomic E-state index is 13.3. The molecule has 1 aliphatic rings. The van der Waals surface area contributed by atoms with Crippen LogP contribution in [0, 0.1) is 17.6 Å². The first-order valence-corrected chi connectivity index (χ1v) is 12.8. The summed E-state index contributed by atoms with van der Waals surface area (Å²) in [6.07, 6.45) is 3.73. The molecule has 0 unspecified atom stereocenters. The summed E-state index contributed by atoms with van der Waals surface area (Å²) in [5, 5.41) is 13.7. The number of benzene rings is 2. The van der Waals surface area contributed by atoms with E-state index in [0.29, 0.717) is 43.3 Å². The molecule has 1 aromatic heterocycles. The van der Waals surface area contributed by atoms with E-state index in [4.69, 9.17) is 9.47 Å². The lowest BCUT2D eigenvalue weighted by molar-refractivity contribution is -0.0309. The summed E-state index contributed by atoms with van der Waals surface area (Å²) >= 11 is 0. The molecule has 1 saturated heterocycles. The maximum Gasteiger partial charge on any atom is 0.324 e. The van der Waals surface area contributed by atoms with Crippen LogP contribution in [0.4, 0.5) is 19.5 Å². The first-order valence-electron chi connectivity index (χ1n) is 12.8. The Balaban J connectivity index is 1.48. The first kappa shape index (κ1) is 27.3. The second-order valence-corrected chi connectivity index (χ2v) is 9.51. The van der Waals surface area contributed by atoms with E-state index in [1.165, 1.54) is 54.6 Å². The minimum atomic E-state index is -0.775. The summed E-state index contributed by atoms with van der Waals surface area (Å²) in [4.78, 5) is 23.1. The highest BCUT2D eigenvalue weighted by Gasteiger charge is 2.35. The quantitative estimate of drug-likeness (QED) is 0.329. The number of nitrogens with zero attached hydrogens (tertiary/aromatic N) is 3. The predicted molar refractivity (Wildman–Crippen MR) is 138 cm³/mol. The summed E-state index contributed by atoms with van der Waals surface area (Å²) in [6, 6.07) is 11.7. The van der Waals surface area contributed by atoms with Gasteiger partial charge in [-0.3, -0.25) is 5.32 Å². The second kappa shape index (κ2) is 12.2. The van der Waals surface area contributed by atoms with Crippen molar-refractivity contribution in [2.75, 3.05) is 18.4 Å². The molecule has 10 heteroatoms. The van der Waals surface area contributed by atoms with Gasteiger partial charge in [-0.2, -0.15) is 9.97 Å². The van der Waals surface area contributed by atoms with Crippen molar-refractivity contribution >= 4 is 12.0 Å². The van der Waals surface area contributed by atoms with Gasteiger partial charge in [0.1, 0.15) is 23.1 Å². The van der Waals surface area contributed by atoms with E-state index >= 15 is 0 Å². The largest absolute Gasteiger partial charge is 0.439 e. The number of hydrogen-bond donors (Lipinski definition) is 2. The zero-order chi connectivity index (χ0) is 27.1. The minimum absolute atomic E-state index is 0.0530. The standard InChI is InChI=1S/C28H32F2N4O4/c1-3-19(4-2)18-28(36)13-15-34(16-14-28)27(35)33-26-31-24(37-22-9-5-20(29)6-10-22)17-25(32-26)38-23-11-7-21(30)8-12-23/h5-12,17,19,36H,3-4,13-16,18H2,1-2H3,(H,31,32,33,35). The molecule has 0 spiro atoms. The number of amides is 2. The molecule has 38 heavy (non-hydrogen) atoms. The fourth-order valence-corrected chi connectivity index (χ4v) is 4.43. The summed E-state index contributed by atoms with van der Waals surface area (Å²) in [6.45, 7) is 5.05. The Morgan fingerprint density at radius 1 is 0.947 bits per heavy atom. The van der Waals surface area contributed by atoms with E-state index in [0.717, 1.165) is 19.3 Å². The number of nitrogens with one attached hydrogen (secondary N) is 1. The van der Waals surface area contributed by atoms with Crippen LogP contribution in [0.15, 0.2) is 54.6 Å². The van der Waals surface area contributed by atoms with Crippen LogP contribution < -0.4 is 14.8 Å². The van der Waals surface area contributed by atoms with Gasteiger partial charge < -0.3 is 19.5 Å². The molecule has 0 bridgehead atoms. The lowest BCUT2D eigenvalue weighted by Gasteiger charge is -2.39. The van der Waals surface area contributed by atoms with Gasteiger partial charge in [0.05, 0.1) is 11.7 Å². The highest BCUT2D eigenvalue weighted by molar-refractivity contribution is 5.87. The highest BCUT2D eigenvalue weighted by atomic mass is 19.1. The Kier molecular flexibility index (Phi) is 8.73. The SMILES string of the molecule is CCC(CC)CC1(O)CCN(C(=O)Nc2nc(Oc3ccc(F)cc3)cc(Oc3ccc(F)cc3)n2)CC1. The van der Waals surface area contributed by atoms with Gasteiger partial charge in [0.2, 0.25) is 17.7 Å². The predicted octanol–water partition coefficient (Wildman–Crippen LogP) is 6.52. The van der Waals surface area contributed by atoms with Gasteiger partial charge in [-0.05, 0) is 73.7 Å². The van der Waals surface area contributed by atoms with Gasteiger partial charge >= 0.3 is 6.03 Å². The molecular formula is C28H32F2N4O4. The normalized spacial score (nSPS) is 14.8. The molecule has 3 aromatic rings. The van der Waals surface area contributed by atoms with Crippen molar-refractivity contribution < 1.29 is 28.2 Å². The number of hydrogen-bond acceptors (Lipinski definition) is 6. The number of anilines is 1. The average molecular weight is 527 g/mol. The Morgan fingerprint density at radius 2 is 1.42 bits per heavy atom. The minimum Gasteiger partial charge on any atom is -0.439 e. The highest BCUT2D eigenvalue weighted by Crippen LogP contribution is 2.32. The lowest BCUT2D eigenvalue weighted by atomic mass is 9.81. The van der Waals surface area contributed by atoms with Crippen molar-refractivity contribution in [3.63, 3.8) is 0 Å². The van der Waals surface area contributed by atoms with Crippen LogP contribution in [0.1, 0.15) is 46.0 Å². The molecule has 4 rings (SSSR count). The van der Waals surface area contributed by atoms with Gasteiger partial charge in [0.15, 0.2) is 0 Å². The van der Waals surface area contributed by atoms with Gasteiger partial charge in [-0.15, -0.1) is 0 Å². The van der Waals surface area contributed by atoms with Gasteiger partial charge in [0.25, 0.3) is 0 Å². The monoisotopic (exact) mass is 526 g/mol. The number of ether oxygens (including phenoxy) is 2. The van der Waals surface area contributed by atoms with E-state index in [-0.39, 0.29) is 17.7 Å². The molecule has 2 amide bonds. The van der Waals surface area contributed by atoms with Crippen LogP contribution >= 0.6 is 0 Å². The van der Waals surface area contributed by atoms with E-state index in [1.807, 2.05) is 0 Å². The van der Waals surface area contributed by atoms with Gasteiger partial charge in [-0.1, -0.05) is 26.7 Å². The van der Waals surface area contributed by atoms with Crippen molar-refractivity contribution in [3.05, 3.63) is 66.2 Å². The molecule has 8 nitrogen and oxygen atoms in total. The number of carbonyl (C=O) groups excluding carboxylic acids is 1. The Labute approximate surface area is 220 Å². The average Bonchev–Trinajstić information content (AvgIpc) is 2.90. The number of aliphatic hydroxyl groups is 1. The van der Waals surface area contributed by atoms with Crippen molar-refractivity contribution in [2.24, 2.45) is 5.92 Å². The zero-order valence-corrected chi connectivity index (χ0v) is 21.5. The molecule has 0 atom stereocenters. The summed E-state index contributed by atoms with van der Waals surface area (Å²) in [7, 11) is 0. The second-order valence-electron chi connectivity index (χ2n) is 9.51. The van der Waals surface area contributed by atoms with Crippen LogP contribution in [0.2, 0.25) is 0 Å². The Morgan fingerprint density at radius 3 is 1.87 bits per heavy atom. The zero-order valence-electron chi connectivity index (χ0n) is 21.5. The van der Waals surface area contributed by atoms with Crippen LogP contribution in [-0.2, 0) is 0 Å². The maximum atomic E-state index is 13.3. The fraction of sp³-hybridized carbons (Fsp3) is 0.393. The van der Waals surface area contributed by atoms with E-state index in [9.17, 15) is 18.7 Å². The van der Waals surface area contributed by atoms with Crippen molar-refractivity contribution in [1.29, 1.82) is 0 Å². The number of likely N-dealkylation sites (tertiary alicyclic amines) is 1. The third-order valence-corrected chi connectivity index (χ3v) is 6.77. The fourth-order valence-electron chi connectivity index (χ4n) is 4.43. The summed E-state index contributed by atoms with van der Waals surface area (Å²) < 4.78 is 38.0. The summed E-state index contributed by atoms with van der Waals surface area (Å²) in [5.41, 5.74) is -0.775. The van der Waals surface area contributed by atoms with Crippen LogP contribution in [0.5, 0.6) is 23.3 Å². The Hall–Kier alpha value is -3.79. The van der Waals surface area contributed by atoms with Crippen LogP contribution in [0.3, 0.4) is 0 Å². The third kappa shape index (κ3) is 7.38. The molecule has 0 radical (unpaired) electrons. The number of aromatic nitrogens is 2. The molecule has 0 aliphatic carbocycles. The number of piperidine rings is 1. The smallest absolute Gasteiger partial charge is 0.324 e. The Bertz CT molecular complexity index is 1150. The van der Waals surface area contributed by atoms with Crippen molar-refractivity contribution in [2.45, 2.75) is 51.6 Å². The number of halogens is 2.